The number of nitrogens with zero attached hydrogens (tertiary/aromatic N) is 1. The molecular weight excluding hydrogens is 299 g/mol. The number of pyridine rings is 1. The van der Waals surface area contributed by atoms with Crippen molar-refractivity contribution in [2.45, 2.75) is 6.54 Å². The molecule has 0 bridgehead atoms. The normalized spacial score (nSPS) is 10.2. The molecule has 1 amide bonds. The number of methoxy groups -OCH3 is 1. The Balaban J connectivity index is 2.17. The average Bonchev–Trinajstić information content (AvgIpc) is 2.43. The van der Waals surface area contributed by atoms with E-state index >= 15 is 0 Å². The van der Waals surface area contributed by atoms with Gasteiger partial charge in [0.2, 0.25) is 5.91 Å². The lowest BCUT2D eigenvalue weighted by Gasteiger charge is -2.11. The predicted molar refractivity (Wildman–Crippen MR) is 77.3 cm³/mol. The Morgan fingerprint density at radius 2 is 2.14 bits per heavy atom. The van der Waals surface area contributed by atoms with Crippen LogP contribution in [0.25, 0.3) is 0 Å². The Hall–Kier alpha value is -2.34. The molecule has 0 spiro atoms. The molecule has 21 heavy (non-hydrogen) atoms. The summed E-state index contributed by atoms with van der Waals surface area (Å²) in [5, 5.41) is 2.99. The third-order valence-electron chi connectivity index (χ3n) is 2.70. The number of halogens is 2. The van der Waals surface area contributed by atoms with Crippen LogP contribution in [-0.2, 0) is 11.3 Å². The van der Waals surface area contributed by atoms with E-state index in [0.717, 1.165) is 22.9 Å². The van der Waals surface area contributed by atoms with Crippen molar-refractivity contribution in [1.29, 1.82) is 0 Å². The highest BCUT2D eigenvalue weighted by atomic mass is 35.5. The molecule has 0 aliphatic carbocycles. The molecule has 5 nitrogen and oxygen atoms in total. The first-order chi connectivity index (χ1) is 9.99. The van der Waals surface area contributed by atoms with Gasteiger partial charge >= 0.3 is 0 Å². The van der Waals surface area contributed by atoms with E-state index in [1.54, 1.807) is 12.1 Å². The van der Waals surface area contributed by atoms with Crippen molar-refractivity contribution >= 4 is 23.2 Å². The van der Waals surface area contributed by atoms with Crippen LogP contribution in [-0.4, -0.2) is 17.6 Å². The number of ether oxygens (including phenoxy) is 1. The maximum atomic E-state index is 13.1. The first kappa shape index (κ1) is 15.1. The van der Waals surface area contributed by atoms with Crippen LogP contribution in [0.2, 0.25) is 5.02 Å². The summed E-state index contributed by atoms with van der Waals surface area (Å²) < 4.78 is 19.1. The van der Waals surface area contributed by atoms with E-state index in [2.05, 4.69) is 5.32 Å². The van der Waals surface area contributed by atoms with E-state index in [0.29, 0.717) is 16.5 Å². The fraction of sp³-hybridized carbons (Fsp3) is 0.143. The Kier molecular flexibility index (Phi) is 4.59. The Morgan fingerprint density at radius 3 is 2.86 bits per heavy atom. The predicted octanol–water partition coefficient (Wildman–Crippen LogP) is 2.29. The summed E-state index contributed by atoms with van der Waals surface area (Å²) in [6.45, 7) is -0.313. The second-order valence-electron chi connectivity index (χ2n) is 4.21. The second-order valence-corrected chi connectivity index (χ2v) is 4.64. The molecule has 0 saturated heterocycles. The molecule has 0 atom stereocenters. The zero-order valence-electron chi connectivity index (χ0n) is 11.1. The first-order valence-corrected chi connectivity index (χ1v) is 6.37. The molecule has 1 heterocycles. The minimum atomic E-state index is -0.595. The molecular formula is C14H12ClFN2O3. The van der Waals surface area contributed by atoms with Gasteiger partial charge in [-0.25, -0.2) is 4.39 Å². The number of carbonyl (C=O) groups is 1. The van der Waals surface area contributed by atoms with Crippen molar-refractivity contribution in [3.05, 3.63) is 57.7 Å². The Morgan fingerprint density at radius 1 is 1.38 bits per heavy atom. The Labute approximate surface area is 124 Å². The Bertz CT molecular complexity index is 730. The van der Waals surface area contributed by atoms with Crippen LogP contribution in [0.4, 0.5) is 10.1 Å². The van der Waals surface area contributed by atoms with E-state index in [4.69, 9.17) is 16.3 Å². The summed E-state index contributed by atoms with van der Waals surface area (Å²) in [6, 6.07) is 6.84. The molecule has 7 heteroatoms. The van der Waals surface area contributed by atoms with Gasteiger partial charge in [-0.1, -0.05) is 11.6 Å². The molecule has 1 aromatic carbocycles. The molecule has 0 aliphatic rings. The van der Waals surface area contributed by atoms with Crippen molar-refractivity contribution < 1.29 is 13.9 Å². The van der Waals surface area contributed by atoms with Gasteiger partial charge in [-0.15, -0.1) is 0 Å². The highest BCUT2D eigenvalue weighted by Crippen LogP contribution is 2.27. The first-order valence-electron chi connectivity index (χ1n) is 5.99. The lowest BCUT2D eigenvalue weighted by molar-refractivity contribution is -0.116. The second kappa shape index (κ2) is 6.41. The van der Waals surface area contributed by atoms with E-state index < -0.39 is 17.3 Å². The van der Waals surface area contributed by atoms with Gasteiger partial charge in [0.1, 0.15) is 18.1 Å². The quantitative estimate of drug-likeness (QED) is 0.942. The molecule has 2 aromatic rings. The standard InChI is InChI=1S/C14H12ClFN2O3/c1-21-12-4-2-9(15)6-11(12)17-13(19)8-18-7-10(16)3-5-14(18)20/h2-7H,8H2,1H3,(H,17,19). The number of anilines is 1. The van der Waals surface area contributed by atoms with Gasteiger partial charge in [0, 0.05) is 17.3 Å². The fourth-order valence-electron chi connectivity index (χ4n) is 1.75. The number of hydrogen-bond acceptors (Lipinski definition) is 3. The maximum absolute atomic E-state index is 13.1. The number of hydrogen-bond donors (Lipinski definition) is 1. The van der Waals surface area contributed by atoms with Crippen LogP contribution in [0, 0.1) is 5.82 Å². The molecule has 0 fully saturated rings. The van der Waals surface area contributed by atoms with E-state index in [1.165, 1.54) is 13.2 Å². The molecule has 0 radical (unpaired) electrons. The van der Waals surface area contributed by atoms with Crippen LogP contribution < -0.4 is 15.6 Å². The minimum absolute atomic E-state index is 0.313. The summed E-state index contributed by atoms with van der Waals surface area (Å²) in [7, 11) is 1.45. The van der Waals surface area contributed by atoms with Crippen LogP contribution >= 0.6 is 11.6 Å². The fourth-order valence-corrected chi connectivity index (χ4v) is 1.92. The summed E-state index contributed by atoms with van der Waals surface area (Å²) in [4.78, 5) is 23.4. The van der Waals surface area contributed by atoms with Gasteiger partial charge in [0.05, 0.1) is 12.8 Å². The zero-order valence-corrected chi connectivity index (χ0v) is 11.9. The van der Waals surface area contributed by atoms with Gasteiger partial charge in [-0.3, -0.25) is 9.59 Å². The smallest absolute Gasteiger partial charge is 0.251 e. The van der Waals surface area contributed by atoms with E-state index in [1.807, 2.05) is 0 Å². The van der Waals surface area contributed by atoms with Gasteiger partial charge in [-0.2, -0.15) is 0 Å². The van der Waals surface area contributed by atoms with Crippen LogP contribution in [0.15, 0.2) is 41.3 Å². The van der Waals surface area contributed by atoms with Crippen LogP contribution in [0.5, 0.6) is 5.75 Å². The summed E-state index contributed by atoms with van der Waals surface area (Å²) in [6.07, 6.45) is 0.969. The number of benzene rings is 1. The summed E-state index contributed by atoms with van der Waals surface area (Å²) in [5.74, 6) is -0.662. The number of carbonyl (C=O) groups excluding carboxylic acids is 1. The molecule has 0 saturated carbocycles. The van der Waals surface area contributed by atoms with Crippen LogP contribution in [0.1, 0.15) is 0 Å². The van der Waals surface area contributed by atoms with Gasteiger partial charge < -0.3 is 14.6 Å². The molecule has 0 unspecified atom stereocenters. The van der Waals surface area contributed by atoms with Gasteiger partial charge in [-0.05, 0) is 24.3 Å². The van der Waals surface area contributed by atoms with E-state index in [9.17, 15) is 14.0 Å². The number of nitrogens with one attached hydrogen (secondary N) is 1. The lowest BCUT2D eigenvalue weighted by atomic mass is 10.3. The van der Waals surface area contributed by atoms with Crippen molar-refractivity contribution in [2.24, 2.45) is 0 Å². The maximum Gasteiger partial charge on any atom is 0.251 e. The van der Waals surface area contributed by atoms with Crippen molar-refractivity contribution in [1.82, 2.24) is 4.57 Å². The number of rotatable bonds is 4. The summed E-state index contributed by atoms with van der Waals surface area (Å²) in [5.41, 5.74) is -0.0935. The van der Waals surface area contributed by atoms with Gasteiger partial charge in [0.25, 0.3) is 5.56 Å². The third-order valence-corrected chi connectivity index (χ3v) is 2.93. The third kappa shape index (κ3) is 3.82. The SMILES string of the molecule is COc1ccc(Cl)cc1NC(=O)Cn1cc(F)ccc1=O. The zero-order chi connectivity index (χ0) is 15.4. The molecule has 2 rings (SSSR count). The highest BCUT2D eigenvalue weighted by molar-refractivity contribution is 6.31. The van der Waals surface area contributed by atoms with Gasteiger partial charge in [0.15, 0.2) is 0 Å². The molecule has 0 aliphatic heterocycles. The largest absolute Gasteiger partial charge is 0.495 e. The monoisotopic (exact) mass is 310 g/mol. The van der Waals surface area contributed by atoms with Crippen molar-refractivity contribution in [2.75, 3.05) is 12.4 Å². The minimum Gasteiger partial charge on any atom is -0.495 e. The number of amides is 1. The lowest BCUT2D eigenvalue weighted by Crippen LogP contribution is -2.27. The van der Waals surface area contributed by atoms with E-state index in [-0.39, 0.29) is 6.54 Å². The number of aromatic nitrogens is 1. The topological polar surface area (TPSA) is 60.3 Å². The summed E-state index contributed by atoms with van der Waals surface area (Å²) >= 11 is 5.85. The van der Waals surface area contributed by atoms with Crippen molar-refractivity contribution in [3.63, 3.8) is 0 Å². The highest BCUT2D eigenvalue weighted by Gasteiger charge is 2.10. The molecule has 1 aromatic heterocycles. The molecule has 110 valence electrons. The van der Waals surface area contributed by atoms with Crippen molar-refractivity contribution in [3.8, 4) is 5.75 Å². The average molecular weight is 311 g/mol. The van der Waals surface area contributed by atoms with Crippen LogP contribution in [0.3, 0.4) is 0 Å². The molecule has 1 N–H and O–H groups in total.